The van der Waals surface area contributed by atoms with E-state index < -0.39 is 0 Å². The van der Waals surface area contributed by atoms with Crippen LogP contribution in [-0.2, 0) is 6.54 Å². The minimum atomic E-state index is 0.499. The zero-order chi connectivity index (χ0) is 12.3. The summed E-state index contributed by atoms with van der Waals surface area (Å²) in [5, 5.41) is 3.41. The van der Waals surface area contributed by atoms with Crippen molar-refractivity contribution in [3.8, 4) is 5.88 Å². The topological polar surface area (TPSA) is 34.1 Å². The Bertz CT molecular complexity index is 348. The first-order chi connectivity index (χ1) is 8.13. The van der Waals surface area contributed by atoms with E-state index in [-0.39, 0.29) is 0 Å². The Hall–Kier alpha value is -1.09. The lowest BCUT2D eigenvalue weighted by Crippen LogP contribution is -2.22. The van der Waals surface area contributed by atoms with Crippen LogP contribution in [0.3, 0.4) is 0 Å². The Labute approximate surface area is 104 Å². The van der Waals surface area contributed by atoms with Crippen molar-refractivity contribution in [3.05, 3.63) is 23.4 Å². The lowest BCUT2D eigenvalue weighted by molar-refractivity contribution is 0.287. The maximum Gasteiger partial charge on any atom is 0.213 e. The van der Waals surface area contributed by atoms with Gasteiger partial charge in [0.15, 0.2) is 0 Å². The summed E-state index contributed by atoms with van der Waals surface area (Å²) in [7, 11) is 0. The van der Waals surface area contributed by atoms with Crippen molar-refractivity contribution in [1.82, 2.24) is 10.3 Å². The van der Waals surface area contributed by atoms with Gasteiger partial charge in [-0.15, -0.1) is 0 Å². The van der Waals surface area contributed by atoms with E-state index in [4.69, 9.17) is 4.74 Å². The summed E-state index contributed by atoms with van der Waals surface area (Å²) >= 11 is 0. The smallest absolute Gasteiger partial charge is 0.213 e. The van der Waals surface area contributed by atoms with Gasteiger partial charge in [0.25, 0.3) is 0 Å². The minimum absolute atomic E-state index is 0.499. The van der Waals surface area contributed by atoms with Gasteiger partial charge in [-0.2, -0.15) is 0 Å². The summed E-state index contributed by atoms with van der Waals surface area (Å²) in [6, 6.07) is 4.66. The molecule has 2 rings (SSSR count). The van der Waals surface area contributed by atoms with Crippen LogP contribution in [0.15, 0.2) is 12.1 Å². The standard InChI is InChI=1S/C14H22N2O/c1-10(2)15-8-13-6-11(3)16-14(7-13)17-9-12-4-5-12/h6-7,10,12,15H,4-5,8-9H2,1-3H3. The van der Waals surface area contributed by atoms with Crippen LogP contribution in [-0.4, -0.2) is 17.6 Å². The summed E-state index contributed by atoms with van der Waals surface area (Å²) in [6.45, 7) is 8.02. The predicted octanol–water partition coefficient (Wildman–Crippen LogP) is 2.68. The molecule has 1 aromatic rings. The second-order valence-corrected chi connectivity index (χ2v) is 5.24. The van der Waals surface area contributed by atoms with Gasteiger partial charge >= 0.3 is 0 Å². The Kier molecular flexibility index (Phi) is 4.00. The molecule has 0 spiro atoms. The number of ether oxygens (including phenoxy) is 1. The van der Waals surface area contributed by atoms with E-state index in [0.717, 1.165) is 30.6 Å². The zero-order valence-corrected chi connectivity index (χ0v) is 11.0. The molecule has 1 aromatic heterocycles. The zero-order valence-electron chi connectivity index (χ0n) is 11.0. The number of hydrogen-bond acceptors (Lipinski definition) is 3. The van der Waals surface area contributed by atoms with Gasteiger partial charge in [0, 0.05) is 24.3 Å². The van der Waals surface area contributed by atoms with Crippen LogP contribution in [0.1, 0.15) is 37.9 Å². The van der Waals surface area contributed by atoms with Crippen molar-refractivity contribution < 1.29 is 4.74 Å². The number of aromatic nitrogens is 1. The molecule has 0 saturated heterocycles. The van der Waals surface area contributed by atoms with Gasteiger partial charge in [-0.25, -0.2) is 4.98 Å². The van der Waals surface area contributed by atoms with E-state index in [1.165, 1.54) is 18.4 Å². The second-order valence-electron chi connectivity index (χ2n) is 5.24. The Balaban J connectivity index is 1.94. The van der Waals surface area contributed by atoms with Crippen LogP contribution in [0, 0.1) is 12.8 Å². The quantitative estimate of drug-likeness (QED) is 0.821. The summed E-state index contributed by atoms with van der Waals surface area (Å²) < 4.78 is 5.72. The molecule has 1 heterocycles. The van der Waals surface area contributed by atoms with Gasteiger partial charge in [-0.3, -0.25) is 0 Å². The van der Waals surface area contributed by atoms with Gasteiger partial charge in [0.2, 0.25) is 5.88 Å². The first-order valence-corrected chi connectivity index (χ1v) is 6.47. The molecule has 0 unspecified atom stereocenters. The average Bonchev–Trinajstić information content (AvgIpc) is 3.07. The van der Waals surface area contributed by atoms with Crippen molar-refractivity contribution in [2.24, 2.45) is 5.92 Å². The highest BCUT2D eigenvalue weighted by Gasteiger charge is 2.22. The molecule has 0 aromatic carbocycles. The monoisotopic (exact) mass is 234 g/mol. The van der Waals surface area contributed by atoms with Crippen molar-refractivity contribution in [3.63, 3.8) is 0 Å². The molecule has 0 aliphatic heterocycles. The highest BCUT2D eigenvalue weighted by Crippen LogP contribution is 2.29. The van der Waals surface area contributed by atoms with E-state index in [1.807, 2.05) is 13.0 Å². The van der Waals surface area contributed by atoms with Crippen molar-refractivity contribution >= 4 is 0 Å². The summed E-state index contributed by atoms with van der Waals surface area (Å²) in [5.41, 5.74) is 2.27. The molecule has 1 aliphatic rings. The number of nitrogens with one attached hydrogen (secondary N) is 1. The third-order valence-corrected chi connectivity index (χ3v) is 2.87. The summed E-state index contributed by atoms with van der Waals surface area (Å²) in [6.07, 6.45) is 2.63. The fourth-order valence-electron chi connectivity index (χ4n) is 1.69. The number of pyridine rings is 1. The fraction of sp³-hybridized carbons (Fsp3) is 0.643. The molecule has 3 nitrogen and oxygen atoms in total. The first-order valence-electron chi connectivity index (χ1n) is 6.47. The summed E-state index contributed by atoms with van der Waals surface area (Å²) in [4.78, 5) is 4.41. The maximum absolute atomic E-state index is 5.72. The minimum Gasteiger partial charge on any atom is -0.477 e. The fourth-order valence-corrected chi connectivity index (χ4v) is 1.69. The lowest BCUT2D eigenvalue weighted by Gasteiger charge is -2.11. The molecule has 3 heteroatoms. The maximum atomic E-state index is 5.72. The van der Waals surface area contributed by atoms with E-state index in [1.54, 1.807) is 0 Å². The van der Waals surface area contributed by atoms with Crippen molar-refractivity contribution in [1.29, 1.82) is 0 Å². The van der Waals surface area contributed by atoms with E-state index in [9.17, 15) is 0 Å². The molecule has 0 amide bonds. The number of aryl methyl sites for hydroxylation is 1. The van der Waals surface area contributed by atoms with Crippen LogP contribution < -0.4 is 10.1 Å². The molecule has 1 aliphatic carbocycles. The molecule has 17 heavy (non-hydrogen) atoms. The Morgan fingerprint density at radius 2 is 2.18 bits per heavy atom. The molecule has 94 valence electrons. The average molecular weight is 234 g/mol. The lowest BCUT2D eigenvalue weighted by atomic mass is 10.2. The van der Waals surface area contributed by atoms with Crippen LogP contribution in [0.5, 0.6) is 5.88 Å². The van der Waals surface area contributed by atoms with Crippen LogP contribution in [0.2, 0.25) is 0 Å². The highest BCUT2D eigenvalue weighted by atomic mass is 16.5. The van der Waals surface area contributed by atoms with Crippen LogP contribution >= 0.6 is 0 Å². The molecule has 0 atom stereocenters. The molecule has 0 radical (unpaired) electrons. The SMILES string of the molecule is Cc1cc(CNC(C)C)cc(OCC2CC2)n1. The van der Waals surface area contributed by atoms with Crippen LogP contribution in [0.4, 0.5) is 0 Å². The normalized spacial score (nSPS) is 15.3. The third kappa shape index (κ3) is 4.35. The van der Waals surface area contributed by atoms with Gasteiger partial charge < -0.3 is 10.1 Å². The van der Waals surface area contributed by atoms with Gasteiger partial charge in [-0.1, -0.05) is 13.8 Å². The molecule has 1 saturated carbocycles. The highest BCUT2D eigenvalue weighted by molar-refractivity contribution is 5.24. The number of rotatable bonds is 6. The van der Waals surface area contributed by atoms with E-state index >= 15 is 0 Å². The van der Waals surface area contributed by atoms with Crippen molar-refractivity contribution in [2.45, 2.75) is 46.2 Å². The predicted molar refractivity (Wildman–Crippen MR) is 69.2 cm³/mol. The molecule has 1 fully saturated rings. The van der Waals surface area contributed by atoms with E-state index in [0.29, 0.717) is 6.04 Å². The molecular formula is C14H22N2O. The van der Waals surface area contributed by atoms with Gasteiger partial charge in [0.05, 0.1) is 6.61 Å². The molecule has 1 N–H and O–H groups in total. The molecular weight excluding hydrogens is 212 g/mol. The summed E-state index contributed by atoms with van der Waals surface area (Å²) in [5.74, 6) is 1.55. The van der Waals surface area contributed by atoms with Crippen LogP contribution in [0.25, 0.3) is 0 Å². The Morgan fingerprint density at radius 1 is 1.41 bits per heavy atom. The molecule has 0 bridgehead atoms. The largest absolute Gasteiger partial charge is 0.477 e. The number of nitrogens with zero attached hydrogens (tertiary/aromatic N) is 1. The van der Waals surface area contributed by atoms with Crippen molar-refractivity contribution in [2.75, 3.05) is 6.61 Å². The van der Waals surface area contributed by atoms with Gasteiger partial charge in [-0.05, 0) is 37.3 Å². The van der Waals surface area contributed by atoms with E-state index in [2.05, 4.69) is 30.2 Å². The first kappa shape index (κ1) is 12.4. The number of hydrogen-bond donors (Lipinski definition) is 1. The third-order valence-electron chi connectivity index (χ3n) is 2.87. The van der Waals surface area contributed by atoms with Gasteiger partial charge in [0.1, 0.15) is 0 Å². The second kappa shape index (κ2) is 5.50. The Morgan fingerprint density at radius 3 is 2.82 bits per heavy atom.